The van der Waals surface area contributed by atoms with Crippen molar-refractivity contribution in [3.63, 3.8) is 0 Å². The molecule has 0 aromatic rings. The highest BCUT2D eigenvalue weighted by Gasteiger charge is 2.34. The van der Waals surface area contributed by atoms with Gasteiger partial charge in [0.25, 0.3) is 0 Å². The third-order valence-corrected chi connectivity index (χ3v) is 4.68. The molecule has 1 saturated heterocycles. The van der Waals surface area contributed by atoms with E-state index in [1.165, 1.54) is 4.31 Å². The highest BCUT2D eigenvalue weighted by atomic mass is 32.2. The fourth-order valence-electron chi connectivity index (χ4n) is 1.62. The average Bonchev–Trinajstić information content (AvgIpc) is 2.81. The van der Waals surface area contributed by atoms with Crippen LogP contribution in [0.4, 0.5) is 0 Å². The first-order chi connectivity index (χ1) is 6.62. The van der Waals surface area contributed by atoms with Gasteiger partial charge in [-0.25, -0.2) is 8.42 Å². The molecule has 6 heteroatoms. The van der Waals surface area contributed by atoms with E-state index in [9.17, 15) is 8.42 Å². The van der Waals surface area contributed by atoms with Crippen molar-refractivity contribution < 1.29 is 13.6 Å². The Kier molecular flexibility index (Phi) is 2.48. The van der Waals surface area contributed by atoms with Crippen LogP contribution in [0.1, 0.15) is 19.3 Å². The Hall–Kier alpha value is -0.620. The van der Waals surface area contributed by atoms with Crippen LogP contribution >= 0.6 is 0 Å². The van der Waals surface area contributed by atoms with Gasteiger partial charge in [-0.2, -0.15) is 4.31 Å². The van der Waals surface area contributed by atoms with Gasteiger partial charge in [0, 0.05) is 13.0 Å². The number of rotatable bonds is 3. The van der Waals surface area contributed by atoms with Crippen LogP contribution in [0.25, 0.3) is 0 Å². The number of sulfonamides is 1. The first-order valence-electron chi connectivity index (χ1n) is 4.79. The summed E-state index contributed by atoms with van der Waals surface area (Å²) in [6.07, 6.45) is 2.63. The van der Waals surface area contributed by atoms with Crippen molar-refractivity contribution >= 4 is 15.7 Å². The van der Waals surface area contributed by atoms with Gasteiger partial charge in [0.15, 0.2) is 0 Å². The summed E-state index contributed by atoms with van der Waals surface area (Å²) >= 11 is 0. The lowest BCUT2D eigenvalue weighted by atomic mass is 10.3. The zero-order chi connectivity index (χ0) is 10.2. The third kappa shape index (κ3) is 2.06. The molecule has 14 heavy (non-hydrogen) atoms. The van der Waals surface area contributed by atoms with E-state index in [1.54, 1.807) is 0 Å². The van der Waals surface area contributed by atoms with E-state index in [2.05, 4.69) is 5.16 Å². The van der Waals surface area contributed by atoms with Crippen LogP contribution in [0, 0.1) is 5.92 Å². The van der Waals surface area contributed by atoms with E-state index in [0.717, 1.165) is 12.8 Å². The van der Waals surface area contributed by atoms with Crippen LogP contribution in [0.2, 0.25) is 0 Å². The predicted octanol–water partition coefficient (Wildman–Crippen LogP) is 0.262. The highest BCUT2D eigenvalue weighted by molar-refractivity contribution is 7.89. The monoisotopic (exact) mass is 218 g/mol. The quantitative estimate of drug-likeness (QED) is 0.545. The summed E-state index contributed by atoms with van der Waals surface area (Å²) in [5.74, 6) is 0.640. The molecule has 5 nitrogen and oxygen atoms in total. The lowest BCUT2D eigenvalue weighted by molar-refractivity contribution is 0.317. The molecule has 0 atom stereocenters. The molecule has 0 radical (unpaired) electrons. The Morgan fingerprint density at radius 3 is 2.71 bits per heavy atom. The second-order valence-electron chi connectivity index (χ2n) is 3.97. The lowest BCUT2D eigenvalue weighted by Crippen LogP contribution is -2.31. The second kappa shape index (κ2) is 3.51. The first kappa shape index (κ1) is 9.92. The Morgan fingerprint density at radius 2 is 2.21 bits per heavy atom. The van der Waals surface area contributed by atoms with Gasteiger partial charge in [-0.15, -0.1) is 0 Å². The van der Waals surface area contributed by atoms with Crippen LogP contribution in [0.15, 0.2) is 5.16 Å². The van der Waals surface area contributed by atoms with Gasteiger partial charge >= 0.3 is 0 Å². The minimum Gasteiger partial charge on any atom is -0.411 e. The molecule has 0 spiro atoms. The van der Waals surface area contributed by atoms with Crippen LogP contribution < -0.4 is 0 Å². The Labute approximate surface area is 83.4 Å². The molecule has 1 heterocycles. The molecule has 1 aliphatic heterocycles. The summed E-state index contributed by atoms with van der Waals surface area (Å²) in [6.45, 7) is 0.736. The van der Waals surface area contributed by atoms with Gasteiger partial charge in [-0.05, 0) is 18.8 Å². The van der Waals surface area contributed by atoms with Crippen LogP contribution in [-0.4, -0.2) is 42.5 Å². The van der Waals surface area contributed by atoms with Gasteiger partial charge < -0.3 is 5.21 Å². The number of hydrogen-bond acceptors (Lipinski definition) is 4. The summed E-state index contributed by atoms with van der Waals surface area (Å²) in [4.78, 5) is 0. The SMILES string of the molecule is O=S(=O)(CC1CC1)N1CC/C(=N\O)C1. The van der Waals surface area contributed by atoms with Crippen molar-refractivity contribution in [3.8, 4) is 0 Å². The van der Waals surface area contributed by atoms with Crippen molar-refractivity contribution in [1.82, 2.24) is 4.31 Å². The molecular formula is C8H14N2O3S. The summed E-state index contributed by atoms with van der Waals surface area (Å²) in [5.41, 5.74) is 0.560. The first-order valence-corrected chi connectivity index (χ1v) is 6.40. The number of oxime groups is 1. The maximum absolute atomic E-state index is 11.7. The molecule has 0 aromatic heterocycles. The van der Waals surface area contributed by atoms with Gasteiger partial charge in [-0.1, -0.05) is 5.16 Å². The zero-order valence-electron chi connectivity index (χ0n) is 7.89. The fourth-order valence-corrected chi connectivity index (χ4v) is 3.48. The van der Waals surface area contributed by atoms with Gasteiger partial charge in [-0.3, -0.25) is 0 Å². The Morgan fingerprint density at radius 1 is 1.50 bits per heavy atom. The van der Waals surface area contributed by atoms with E-state index in [-0.39, 0.29) is 12.3 Å². The highest BCUT2D eigenvalue weighted by Crippen LogP contribution is 2.31. The van der Waals surface area contributed by atoms with E-state index >= 15 is 0 Å². The minimum absolute atomic E-state index is 0.269. The van der Waals surface area contributed by atoms with Crippen LogP contribution in [0.5, 0.6) is 0 Å². The average molecular weight is 218 g/mol. The standard InChI is InChI=1S/C8H14N2O3S/c11-9-8-3-4-10(5-8)14(12,13)6-7-1-2-7/h7,11H,1-6H2/b9-8+. The molecular weight excluding hydrogens is 204 g/mol. The smallest absolute Gasteiger partial charge is 0.214 e. The van der Waals surface area contributed by atoms with Crippen molar-refractivity contribution in [3.05, 3.63) is 0 Å². The predicted molar refractivity (Wildman–Crippen MR) is 51.9 cm³/mol. The molecule has 0 amide bonds. The Bertz CT molecular complexity index is 346. The van der Waals surface area contributed by atoms with Crippen molar-refractivity contribution in [2.24, 2.45) is 11.1 Å². The van der Waals surface area contributed by atoms with E-state index in [1.807, 2.05) is 0 Å². The lowest BCUT2D eigenvalue weighted by Gasteiger charge is -2.14. The largest absolute Gasteiger partial charge is 0.411 e. The van der Waals surface area contributed by atoms with E-state index < -0.39 is 10.0 Å². The molecule has 2 fully saturated rings. The van der Waals surface area contributed by atoms with Crippen LogP contribution in [0.3, 0.4) is 0 Å². The topological polar surface area (TPSA) is 70.0 Å². The van der Waals surface area contributed by atoms with Crippen molar-refractivity contribution in [2.75, 3.05) is 18.8 Å². The van der Waals surface area contributed by atoms with Gasteiger partial charge in [0.05, 0.1) is 18.0 Å². The molecule has 1 N–H and O–H groups in total. The molecule has 2 aliphatic rings. The van der Waals surface area contributed by atoms with E-state index in [0.29, 0.717) is 24.6 Å². The zero-order valence-corrected chi connectivity index (χ0v) is 8.70. The summed E-state index contributed by atoms with van der Waals surface area (Å²) < 4.78 is 24.9. The number of nitrogens with zero attached hydrogens (tertiary/aromatic N) is 2. The maximum Gasteiger partial charge on any atom is 0.214 e. The summed E-state index contributed by atoms with van der Waals surface area (Å²) in [6, 6.07) is 0. The van der Waals surface area contributed by atoms with Gasteiger partial charge in [0.2, 0.25) is 10.0 Å². The van der Waals surface area contributed by atoms with Gasteiger partial charge in [0.1, 0.15) is 0 Å². The minimum atomic E-state index is -3.10. The van der Waals surface area contributed by atoms with Crippen molar-refractivity contribution in [2.45, 2.75) is 19.3 Å². The fraction of sp³-hybridized carbons (Fsp3) is 0.875. The van der Waals surface area contributed by atoms with Crippen LogP contribution in [-0.2, 0) is 10.0 Å². The van der Waals surface area contributed by atoms with Crippen molar-refractivity contribution in [1.29, 1.82) is 0 Å². The number of hydrogen-bond donors (Lipinski definition) is 1. The molecule has 80 valence electrons. The summed E-state index contributed by atoms with van der Waals surface area (Å²) in [5, 5.41) is 11.6. The molecule has 1 saturated carbocycles. The third-order valence-electron chi connectivity index (χ3n) is 2.69. The maximum atomic E-state index is 11.7. The molecule has 0 unspecified atom stereocenters. The molecule has 0 bridgehead atoms. The Balaban J connectivity index is 2.00. The second-order valence-corrected chi connectivity index (χ2v) is 5.99. The molecule has 1 aliphatic carbocycles. The molecule has 2 rings (SSSR count). The summed E-state index contributed by atoms with van der Waals surface area (Å²) in [7, 11) is -3.10. The molecule has 0 aromatic carbocycles. The van der Waals surface area contributed by atoms with E-state index in [4.69, 9.17) is 5.21 Å². The normalized spacial score (nSPS) is 27.3.